The van der Waals surface area contributed by atoms with Crippen LogP contribution in [0.1, 0.15) is 11.1 Å². The quantitative estimate of drug-likeness (QED) is 0.862. The minimum atomic E-state index is 0.560. The Morgan fingerprint density at radius 3 is 2.41 bits per heavy atom. The molecule has 2 aromatic carbocycles. The largest absolute Gasteiger partial charge is 0.457 e. The van der Waals surface area contributed by atoms with E-state index in [2.05, 4.69) is 28.7 Å². The summed E-state index contributed by atoms with van der Waals surface area (Å²) < 4.78 is 7.02. The third-order valence-corrected chi connectivity index (χ3v) is 3.24. The van der Waals surface area contributed by atoms with E-state index >= 15 is 0 Å². The van der Waals surface area contributed by atoms with E-state index < -0.39 is 0 Å². The lowest BCUT2D eigenvalue weighted by Crippen LogP contribution is -1.97. The van der Waals surface area contributed by atoms with Gasteiger partial charge in [0.15, 0.2) is 0 Å². The highest BCUT2D eigenvalue weighted by atomic mass is 127. The normalized spacial score (nSPS) is 10.3. The molecule has 0 unspecified atom stereocenters. The number of benzene rings is 2. The lowest BCUT2D eigenvalue weighted by Gasteiger charge is -2.09. The molecule has 2 rings (SSSR count). The fourth-order valence-corrected chi connectivity index (χ4v) is 1.94. The molecule has 0 aliphatic heterocycles. The van der Waals surface area contributed by atoms with Gasteiger partial charge in [-0.2, -0.15) is 0 Å². The van der Waals surface area contributed by atoms with Crippen LogP contribution in [0, 0.1) is 10.5 Å². The first-order chi connectivity index (χ1) is 8.19. The van der Waals surface area contributed by atoms with Crippen molar-refractivity contribution in [1.82, 2.24) is 0 Å². The number of halogens is 1. The second kappa shape index (κ2) is 5.51. The summed E-state index contributed by atoms with van der Waals surface area (Å²) in [6.07, 6.45) is 0. The van der Waals surface area contributed by atoms with Crippen molar-refractivity contribution in [1.29, 1.82) is 0 Å². The van der Waals surface area contributed by atoms with Crippen LogP contribution < -0.4 is 10.5 Å². The van der Waals surface area contributed by atoms with Crippen LogP contribution >= 0.6 is 22.6 Å². The highest BCUT2D eigenvalue weighted by Crippen LogP contribution is 2.26. The fourth-order valence-electron chi connectivity index (χ4n) is 1.58. The predicted octanol–water partition coefficient (Wildman–Crippen LogP) is 3.85. The van der Waals surface area contributed by atoms with Crippen LogP contribution in [0.3, 0.4) is 0 Å². The maximum absolute atomic E-state index is 5.82. The van der Waals surface area contributed by atoms with Gasteiger partial charge in [0.1, 0.15) is 11.5 Å². The zero-order valence-electron chi connectivity index (χ0n) is 9.61. The van der Waals surface area contributed by atoms with Gasteiger partial charge in [0.25, 0.3) is 0 Å². The maximum Gasteiger partial charge on any atom is 0.130 e. The molecule has 0 aromatic heterocycles. The van der Waals surface area contributed by atoms with Gasteiger partial charge in [-0.3, -0.25) is 0 Å². The van der Waals surface area contributed by atoms with Crippen molar-refractivity contribution in [3.05, 3.63) is 57.2 Å². The fraction of sp³-hybridized carbons (Fsp3) is 0.143. The average Bonchev–Trinajstić information content (AvgIpc) is 2.34. The number of nitrogens with two attached hydrogens (primary N) is 1. The van der Waals surface area contributed by atoms with Crippen LogP contribution in [0.25, 0.3) is 0 Å². The van der Waals surface area contributed by atoms with Gasteiger partial charge >= 0.3 is 0 Å². The van der Waals surface area contributed by atoms with E-state index in [1.54, 1.807) is 0 Å². The standard InChI is InChI=1S/C14H14INO/c1-10-8-11(9-16)2-7-14(10)17-13-5-3-12(15)4-6-13/h2-8H,9,16H2,1H3. The highest BCUT2D eigenvalue weighted by Gasteiger charge is 2.02. The van der Waals surface area contributed by atoms with Crippen molar-refractivity contribution in [2.24, 2.45) is 5.73 Å². The molecule has 0 amide bonds. The number of ether oxygens (including phenoxy) is 1. The van der Waals surface area contributed by atoms with Gasteiger partial charge in [-0.05, 0) is 71.0 Å². The monoisotopic (exact) mass is 339 g/mol. The van der Waals surface area contributed by atoms with Crippen LogP contribution in [0.15, 0.2) is 42.5 Å². The molecular formula is C14H14INO. The molecule has 2 aromatic rings. The minimum absolute atomic E-state index is 0.560. The minimum Gasteiger partial charge on any atom is -0.457 e. The van der Waals surface area contributed by atoms with Crippen molar-refractivity contribution in [3.8, 4) is 11.5 Å². The summed E-state index contributed by atoms with van der Waals surface area (Å²) >= 11 is 2.27. The summed E-state index contributed by atoms with van der Waals surface area (Å²) in [5.74, 6) is 1.73. The average molecular weight is 339 g/mol. The van der Waals surface area contributed by atoms with Gasteiger partial charge in [-0.15, -0.1) is 0 Å². The molecule has 0 aliphatic carbocycles. The van der Waals surface area contributed by atoms with Crippen molar-refractivity contribution in [3.63, 3.8) is 0 Å². The number of hydrogen-bond donors (Lipinski definition) is 1. The van der Waals surface area contributed by atoms with Gasteiger partial charge in [-0.25, -0.2) is 0 Å². The highest BCUT2D eigenvalue weighted by molar-refractivity contribution is 14.1. The van der Waals surface area contributed by atoms with Crippen LogP contribution in [-0.4, -0.2) is 0 Å². The molecule has 0 fully saturated rings. The molecule has 0 aliphatic rings. The van der Waals surface area contributed by atoms with E-state index in [-0.39, 0.29) is 0 Å². The van der Waals surface area contributed by atoms with Gasteiger partial charge < -0.3 is 10.5 Å². The Labute approximate surface area is 115 Å². The third-order valence-electron chi connectivity index (χ3n) is 2.52. The number of hydrogen-bond acceptors (Lipinski definition) is 2. The molecule has 88 valence electrons. The first kappa shape index (κ1) is 12.4. The summed E-state index contributed by atoms with van der Waals surface area (Å²) in [7, 11) is 0. The molecule has 2 nitrogen and oxygen atoms in total. The third kappa shape index (κ3) is 3.20. The molecule has 3 heteroatoms. The van der Waals surface area contributed by atoms with Gasteiger partial charge in [0.05, 0.1) is 0 Å². The topological polar surface area (TPSA) is 35.2 Å². The lowest BCUT2D eigenvalue weighted by atomic mass is 10.1. The van der Waals surface area contributed by atoms with E-state index in [4.69, 9.17) is 10.5 Å². The van der Waals surface area contributed by atoms with Crippen molar-refractivity contribution >= 4 is 22.6 Å². The van der Waals surface area contributed by atoms with Crippen molar-refractivity contribution in [2.75, 3.05) is 0 Å². The summed E-state index contributed by atoms with van der Waals surface area (Å²) in [5, 5.41) is 0. The molecule has 0 saturated carbocycles. The summed E-state index contributed by atoms with van der Waals surface area (Å²) in [4.78, 5) is 0. The Morgan fingerprint density at radius 2 is 1.82 bits per heavy atom. The predicted molar refractivity (Wildman–Crippen MR) is 78.3 cm³/mol. The molecule has 0 radical (unpaired) electrons. The molecule has 0 bridgehead atoms. The molecule has 0 saturated heterocycles. The Kier molecular flexibility index (Phi) is 4.02. The van der Waals surface area contributed by atoms with Crippen LogP contribution in [0.4, 0.5) is 0 Å². The molecule has 17 heavy (non-hydrogen) atoms. The van der Waals surface area contributed by atoms with Crippen molar-refractivity contribution < 1.29 is 4.74 Å². The van der Waals surface area contributed by atoms with Gasteiger partial charge in [-0.1, -0.05) is 12.1 Å². The molecular weight excluding hydrogens is 325 g/mol. The zero-order valence-corrected chi connectivity index (χ0v) is 11.8. The maximum atomic E-state index is 5.82. The van der Waals surface area contributed by atoms with Gasteiger partial charge in [0.2, 0.25) is 0 Å². The van der Waals surface area contributed by atoms with E-state index in [0.29, 0.717) is 6.54 Å². The molecule has 0 heterocycles. The Balaban J connectivity index is 2.21. The van der Waals surface area contributed by atoms with E-state index in [1.165, 1.54) is 3.57 Å². The SMILES string of the molecule is Cc1cc(CN)ccc1Oc1ccc(I)cc1. The zero-order chi connectivity index (χ0) is 12.3. The summed E-state index contributed by atoms with van der Waals surface area (Å²) in [5.41, 5.74) is 7.82. The first-order valence-electron chi connectivity index (χ1n) is 5.42. The Bertz CT molecular complexity index is 508. The molecule has 0 spiro atoms. The lowest BCUT2D eigenvalue weighted by molar-refractivity contribution is 0.478. The number of rotatable bonds is 3. The summed E-state index contributed by atoms with van der Waals surface area (Å²) in [6.45, 7) is 2.59. The Morgan fingerprint density at radius 1 is 1.12 bits per heavy atom. The second-order valence-electron chi connectivity index (χ2n) is 3.86. The van der Waals surface area contributed by atoms with E-state index in [9.17, 15) is 0 Å². The van der Waals surface area contributed by atoms with Gasteiger partial charge in [0, 0.05) is 10.1 Å². The van der Waals surface area contributed by atoms with E-state index in [1.807, 2.05) is 43.3 Å². The number of aryl methyl sites for hydroxylation is 1. The van der Waals surface area contributed by atoms with Crippen molar-refractivity contribution in [2.45, 2.75) is 13.5 Å². The molecule has 0 atom stereocenters. The van der Waals surface area contributed by atoms with Crippen LogP contribution in [0.2, 0.25) is 0 Å². The summed E-state index contributed by atoms with van der Waals surface area (Å²) in [6, 6.07) is 14.0. The first-order valence-corrected chi connectivity index (χ1v) is 6.50. The van der Waals surface area contributed by atoms with Crippen LogP contribution in [-0.2, 0) is 6.54 Å². The molecule has 2 N–H and O–H groups in total. The second-order valence-corrected chi connectivity index (χ2v) is 5.11. The Hall–Kier alpha value is -1.07. The van der Waals surface area contributed by atoms with E-state index in [0.717, 1.165) is 22.6 Å². The van der Waals surface area contributed by atoms with Crippen LogP contribution in [0.5, 0.6) is 11.5 Å². The smallest absolute Gasteiger partial charge is 0.130 e.